The number of halogens is 1. The molecule has 1 atom stereocenters. The number of hydrogen-bond donors (Lipinski definition) is 1. The molecular weight excluding hydrogens is 445 g/mol. The fourth-order valence-corrected chi connectivity index (χ4v) is 4.62. The van der Waals surface area contributed by atoms with Gasteiger partial charge < -0.3 is 14.7 Å². The molecule has 5 nitrogen and oxygen atoms in total. The summed E-state index contributed by atoms with van der Waals surface area (Å²) in [4.78, 5) is 25.9. The van der Waals surface area contributed by atoms with Gasteiger partial charge in [0.1, 0.15) is 17.2 Å². The molecule has 0 saturated heterocycles. The minimum atomic E-state index is -0.925. The number of carbonyl (C=O) groups is 2. The maximum atomic E-state index is 14.2. The van der Waals surface area contributed by atoms with E-state index in [9.17, 15) is 14.0 Å². The van der Waals surface area contributed by atoms with E-state index in [2.05, 4.69) is 0 Å². The van der Waals surface area contributed by atoms with Gasteiger partial charge in [0.15, 0.2) is 0 Å². The molecule has 0 aliphatic carbocycles. The zero-order valence-corrected chi connectivity index (χ0v) is 19.9. The van der Waals surface area contributed by atoms with Crippen LogP contribution in [0.5, 0.6) is 5.75 Å². The van der Waals surface area contributed by atoms with E-state index in [1.165, 1.54) is 6.07 Å². The Morgan fingerprint density at radius 2 is 1.74 bits per heavy atom. The second-order valence-electron chi connectivity index (χ2n) is 9.38. The zero-order valence-electron chi connectivity index (χ0n) is 19.9. The Labute approximate surface area is 205 Å². The maximum absolute atomic E-state index is 14.2. The molecule has 0 fully saturated rings. The van der Waals surface area contributed by atoms with Crippen molar-refractivity contribution in [1.82, 2.24) is 4.90 Å². The number of carboxylic acid groups (broad SMARTS) is 1. The zero-order chi connectivity index (χ0) is 24.8. The molecule has 182 valence electrons. The molecule has 1 heterocycles. The monoisotopic (exact) mass is 475 g/mol. The Bertz CT molecular complexity index is 1200. The van der Waals surface area contributed by atoms with Crippen LogP contribution in [0.4, 0.5) is 4.39 Å². The summed E-state index contributed by atoms with van der Waals surface area (Å²) in [6.07, 6.45) is 1.83. The number of carboxylic acids is 1. The van der Waals surface area contributed by atoms with Crippen molar-refractivity contribution < 1.29 is 23.8 Å². The minimum absolute atomic E-state index is 0.0903. The molecule has 0 bridgehead atoms. The standard InChI is InChI=1S/C29H30FNO4/c1-29(19-23-9-5-6-10-25(23)30)20-24-17-22(11-12-26(24)35-29)18-27(32)31(16-14-28(33)34)15-13-21-7-3-2-4-8-21/h2-12,17H,13-16,18-20H2,1H3,(H,33,34)/t29-/m1/s1. The highest BCUT2D eigenvalue weighted by atomic mass is 19.1. The van der Waals surface area contributed by atoms with Gasteiger partial charge in [-0.25, -0.2) is 4.39 Å². The lowest BCUT2D eigenvalue weighted by molar-refractivity contribution is -0.138. The molecule has 4 rings (SSSR count). The summed E-state index contributed by atoms with van der Waals surface area (Å²) in [7, 11) is 0. The Morgan fingerprint density at radius 3 is 2.49 bits per heavy atom. The Hall–Kier alpha value is -3.67. The first kappa shape index (κ1) is 24.5. The van der Waals surface area contributed by atoms with Crippen LogP contribution in [0.1, 0.15) is 35.6 Å². The second kappa shape index (κ2) is 10.7. The molecule has 1 aliphatic rings. The molecule has 0 aromatic heterocycles. The molecule has 0 radical (unpaired) electrons. The van der Waals surface area contributed by atoms with Crippen molar-refractivity contribution in [3.8, 4) is 5.75 Å². The molecular formula is C29H30FNO4. The number of benzene rings is 3. The van der Waals surface area contributed by atoms with Gasteiger partial charge in [0.25, 0.3) is 0 Å². The summed E-state index contributed by atoms with van der Waals surface area (Å²) in [5.41, 5.74) is 3.01. The van der Waals surface area contributed by atoms with Gasteiger partial charge in [-0.3, -0.25) is 9.59 Å². The molecule has 0 spiro atoms. The normalized spacial score (nSPS) is 16.4. The third-order valence-electron chi connectivity index (χ3n) is 6.38. The van der Waals surface area contributed by atoms with E-state index in [0.717, 1.165) is 22.4 Å². The number of carbonyl (C=O) groups excluding carboxylic acids is 1. The fraction of sp³-hybridized carbons (Fsp3) is 0.310. The lowest BCUT2D eigenvalue weighted by Crippen LogP contribution is -2.36. The first-order chi connectivity index (χ1) is 16.8. The molecule has 1 aliphatic heterocycles. The van der Waals surface area contributed by atoms with Crippen molar-refractivity contribution in [2.45, 2.75) is 44.6 Å². The van der Waals surface area contributed by atoms with Crippen LogP contribution >= 0.6 is 0 Å². The van der Waals surface area contributed by atoms with E-state index >= 15 is 0 Å². The number of nitrogens with zero attached hydrogens (tertiary/aromatic N) is 1. The van der Waals surface area contributed by atoms with Crippen LogP contribution in [0.2, 0.25) is 0 Å². The number of ether oxygens (including phenoxy) is 1. The van der Waals surface area contributed by atoms with Crippen molar-refractivity contribution in [3.63, 3.8) is 0 Å². The summed E-state index contributed by atoms with van der Waals surface area (Å²) < 4.78 is 20.4. The van der Waals surface area contributed by atoms with Crippen molar-refractivity contribution >= 4 is 11.9 Å². The van der Waals surface area contributed by atoms with E-state index in [-0.39, 0.29) is 31.1 Å². The largest absolute Gasteiger partial charge is 0.487 e. The number of aliphatic carboxylic acids is 1. The van der Waals surface area contributed by atoms with E-state index in [1.807, 2.05) is 61.5 Å². The van der Waals surface area contributed by atoms with Crippen molar-refractivity contribution in [1.29, 1.82) is 0 Å². The van der Waals surface area contributed by atoms with Crippen molar-refractivity contribution in [2.24, 2.45) is 0 Å². The van der Waals surface area contributed by atoms with Crippen LogP contribution in [0, 0.1) is 5.82 Å². The van der Waals surface area contributed by atoms with Crippen LogP contribution in [0.15, 0.2) is 72.8 Å². The molecule has 0 saturated carbocycles. The summed E-state index contributed by atoms with van der Waals surface area (Å²) in [5, 5.41) is 9.12. The fourth-order valence-electron chi connectivity index (χ4n) is 4.62. The molecule has 6 heteroatoms. The SMILES string of the molecule is C[C@@]1(Cc2ccccc2F)Cc2cc(CC(=O)N(CCC(=O)O)CCc3ccccc3)ccc2O1. The van der Waals surface area contributed by atoms with Gasteiger partial charge >= 0.3 is 5.97 Å². The lowest BCUT2D eigenvalue weighted by atomic mass is 9.91. The quantitative estimate of drug-likeness (QED) is 0.455. The molecule has 3 aromatic rings. The predicted molar refractivity (Wildman–Crippen MR) is 132 cm³/mol. The van der Waals surface area contributed by atoms with Gasteiger partial charge in [-0.2, -0.15) is 0 Å². The summed E-state index contributed by atoms with van der Waals surface area (Å²) >= 11 is 0. The van der Waals surface area contributed by atoms with Gasteiger partial charge in [0.2, 0.25) is 5.91 Å². The summed E-state index contributed by atoms with van der Waals surface area (Å²) in [6.45, 7) is 2.61. The number of hydrogen-bond acceptors (Lipinski definition) is 3. The lowest BCUT2D eigenvalue weighted by Gasteiger charge is -2.24. The third-order valence-corrected chi connectivity index (χ3v) is 6.38. The highest BCUT2D eigenvalue weighted by molar-refractivity contribution is 5.79. The summed E-state index contributed by atoms with van der Waals surface area (Å²) in [5.74, 6) is -0.509. The Kier molecular flexibility index (Phi) is 7.49. The average molecular weight is 476 g/mol. The minimum Gasteiger partial charge on any atom is -0.487 e. The van der Waals surface area contributed by atoms with Crippen LogP contribution in [0.3, 0.4) is 0 Å². The van der Waals surface area contributed by atoms with Gasteiger partial charge in [0, 0.05) is 25.9 Å². The number of fused-ring (bicyclic) bond motifs is 1. The first-order valence-electron chi connectivity index (χ1n) is 11.9. The Balaban J connectivity index is 1.42. The van der Waals surface area contributed by atoms with Crippen LogP contribution in [-0.4, -0.2) is 40.6 Å². The van der Waals surface area contributed by atoms with Crippen molar-refractivity contribution in [3.05, 3.63) is 101 Å². The molecule has 1 amide bonds. The van der Waals surface area contributed by atoms with Crippen molar-refractivity contribution in [2.75, 3.05) is 13.1 Å². The molecule has 0 unspecified atom stereocenters. The van der Waals surface area contributed by atoms with Gasteiger partial charge in [-0.05, 0) is 47.7 Å². The van der Waals surface area contributed by atoms with E-state index in [0.29, 0.717) is 31.4 Å². The smallest absolute Gasteiger partial charge is 0.305 e. The number of rotatable bonds is 10. The topological polar surface area (TPSA) is 66.8 Å². The van der Waals surface area contributed by atoms with E-state index in [4.69, 9.17) is 9.84 Å². The predicted octanol–water partition coefficient (Wildman–Crippen LogP) is 4.85. The number of amides is 1. The third kappa shape index (κ3) is 6.47. The molecule has 1 N–H and O–H groups in total. The van der Waals surface area contributed by atoms with Gasteiger partial charge in [-0.1, -0.05) is 60.7 Å². The Morgan fingerprint density at radius 1 is 1.00 bits per heavy atom. The van der Waals surface area contributed by atoms with E-state index in [1.54, 1.807) is 17.0 Å². The van der Waals surface area contributed by atoms with Crippen LogP contribution in [-0.2, 0) is 35.3 Å². The second-order valence-corrected chi connectivity index (χ2v) is 9.38. The first-order valence-corrected chi connectivity index (χ1v) is 11.9. The average Bonchev–Trinajstić information content (AvgIpc) is 3.16. The summed E-state index contributed by atoms with van der Waals surface area (Å²) in [6, 6.07) is 22.3. The van der Waals surface area contributed by atoms with Gasteiger partial charge in [0.05, 0.1) is 12.8 Å². The maximum Gasteiger partial charge on any atom is 0.305 e. The highest BCUT2D eigenvalue weighted by Gasteiger charge is 2.35. The molecule has 3 aromatic carbocycles. The van der Waals surface area contributed by atoms with E-state index < -0.39 is 11.6 Å². The highest BCUT2D eigenvalue weighted by Crippen LogP contribution is 2.38. The van der Waals surface area contributed by atoms with Gasteiger partial charge in [-0.15, -0.1) is 0 Å². The van der Waals surface area contributed by atoms with Crippen LogP contribution < -0.4 is 4.74 Å². The van der Waals surface area contributed by atoms with Crippen LogP contribution in [0.25, 0.3) is 0 Å². The molecule has 35 heavy (non-hydrogen) atoms.